The number of benzene rings is 1. The number of hydrogen-bond donors (Lipinski definition) is 2. The van der Waals surface area contributed by atoms with E-state index in [1.165, 1.54) is 44.2 Å². The third-order valence-corrected chi connectivity index (χ3v) is 8.48. The second kappa shape index (κ2) is 6.75. The summed E-state index contributed by atoms with van der Waals surface area (Å²) in [6, 6.07) is 6.24. The maximum atomic E-state index is 13.0. The average molecular weight is 411 g/mol. The SMILES string of the molecule is CC(C)(NS(=O)(=O)c1cccc(Cl)c1)C(=O)NC1C2CC3CC(C2)CC1C3. The number of rotatable bonds is 5. The van der Waals surface area contributed by atoms with E-state index in [1.807, 2.05) is 0 Å². The molecule has 1 aromatic rings. The van der Waals surface area contributed by atoms with Crippen LogP contribution in [0.2, 0.25) is 5.02 Å². The smallest absolute Gasteiger partial charge is 0.241 e. The standard InChI is InChI=1S/C20H27ClN2O3S/c1-20(2,23-27(25,26)17-5-3-4-16(21)11-17)19(24)22-18-14-7-12-6-13(9-14)10-15(18)8-12/h3-5,11-15,18,23H,6-10H2,1-2H3,(H,22,24). The molecule has 5 nitrogen and oxygen atoms in total. The third kappa shape index (κ3) is 3.76. The molecule has 0 heterocycles. The van der Waals surface area contributed by atoms with Crippen LogP contribution in [-0.4, -0.2) is 25.9 Å². The van der Waals surface area contributed by atoms with Gasteiger partial charge in [0.25, 0.3) is 0 Å². The van der Waals surface area contributed by atoms with Crippen LogP contribution in [0.3, 0.4) is 0 Å². The lowest BCUT2D eigenvalue weighted by molar-refractivity contribution is -0.129. The minimum absolute atomic E-state index is 0.0606. The Morgan fingerprint density at radius 2 is 1.67 bits per heavy atom. The number of hydrogen-bond acceptors (Lipinski definition) is 3. The lowest BCUT2D eigenvalue weighted by Crippen LogP contribution is -2.62. The molecule has 0 radical (unpaired) electrons. The molecule has 4 saturated carbocycles. The zero-order chi connectivity index (χ0) is 19.4. The van der Waals surface area contributed by atoms with E-state index in [0.717, 1.165) is 11.8 Å². The molecule has 148 valence electrons. The number of carbonyl (C=O) groups excluding carboxylic acids is 1. The van der Waals surface area contributed by atoms with Crippen LogP contribution in [0.25, 0.3) is 0 Å². The van der Waals surface area contributed by atoms with Crippen LogP contribution >= 0.6 is 11.6 Å². The molecule has 0 unspecified atom stereocenters. The highest BCUT2D eigenvalue weighted by atomic mass is 35.5. The van der Waals surface area contributed by atoms with Gasteiger partial charge in [-0.1, -0.05) is 17.7 Å². The molecule has 5 rings (SSSR count). The zero-order valence-electron chi connectivity index (χ0n) is 15.7. The Bertz CT molecular complexity index is 825. The summed E-state index contributed by atoms with van der Waals surface area (Å²) in [5, 5.41) is 3.54. The summed E-state index contributed by atoms with van der Waals surface area (Å²) in [4.78, 5) is 13.0. The topological polar surface area (TPSA) is 75.3 Å². The molecule has 4 fully saturated rings. The van der Waals surface area contributed by atoms with Gasteiger partial charge in [-0.15, -0.1) is 0 Å². The van der Waals surface area contributed by atoms with Crippen LogP contribution in [0.15, 0.2) is 29.2 Å². The lowest BCUT2D eigenvalue weighted by Gasteiger charge is -2.54. The number of sulfonamides is 1. The van der Waals surface area contributed by atoms with E-state index in [0.29, 0.717) is 16.9 Å². The molecule has 4 bridgehead atoms. The Kier molecular flexibility index (Phi) is 4.80. The first-order valence-corrected chi connectivity index (χ1v) is 11.6. The second-order valence-corrected chi connectivity index (χ2v) is 11.2. The van der Waals surface area contributed by atoms with Crippen molar-refractivity contribution in [1.29, 1.82) is 0 Å². The monoisotopic (exact) mass is 410 g/mol. The Balaban J connectivity index is 1.46. The zero-order valence-corrected chi connectivity index (χ0v) is 17.3. The van der Waals surface area contributed by atoms with Crippen molar-refractivity contribution < 1.29 is 13.2 Å². The number of amides is 1. The van der Waals surface area contributed by atoms with Crippen molar-refractivity contribution in [3.05, 3.63) is 29.3 Å². The fourth-order valence-corrected chi connectivity index (χ4v) is 7.25. The molecule has 2 N–H and O–H groups in total. The first kappa shape index (κ1) is 19.2. The van der Waals surface area contributed by atoms with E-state index in [4.69, 9.17) is 11.6 Å². The van der Waals surface area contributed by atoms with Gasteiger partial charge in [-0.05, 0) is 87.8 Å². The van der Waals surface area contributed by atoms with E-state index in [9.17, 15) is 13.2 Å². The molecule has 0 saturated heterocycles. The van der Waals surface area contributed by atoms with Crippen LogP contribution in [0.1, 0.15) is 46.0 Å². The fraction of sp³-hybridized carbons (Fsp3) is 0.650. The van der Waals surface area contributed by atoms with Crippen molar-refractivity contribution in [3.8, 4) is 0 Å². The Morgan fingerprint density at radius 1 is 1.07 bits per heavy atom. The predicted molar refractivity (Wildman–Crippen MR) is 105 cm³/mol. The summed E-state index contributed by atoms with van der Waals surface area (Å²) < 4.78 is 27.9. The van der Waals surface area contributed by atoms with Crippen molar-refractivity contribution in [2.45, 2.75) is 62.4 Å². The predicted octanol–water partition coefficient (Wildman–Crippen LogP) is 3.34. The maximum Gasteiger partial charge on any atom is 0.241 e. The van der Waals surface area contributed by atoms with Gasteiger partial charge >= 0.3 is 0 Å². The molecule has 1 amide bonds. The molecule has 4 aliphatic carbocycles. The minimum Gasteiger partial charge on any atom is -0.351 e. The number of carbonyl (C=O) groups is 1. The third-order valence-electron chi connectivity index (χ3n) is 6.59. The second-order valence-electron chi connectivity index (χ2n) is 9.12. The van der Waals surface area contributed by atoms with E-state index in [1.54, 1.807) is 26.0 Å². The highest BCUT2D eigenvalue weighted by molar-refractivity contribution is 7.89. The van der Waals surface area contributed by atoms with Crippen LogP contribution in [-0.2, 0) is 14.8 Å². The summed E-state index contributed by atoms with van der Waals surface area (Å²) in [7, 11) is -3.84. The number of nitrogens with one attached hydrogen (secondary N) is 2. The molecule has 1 aromatic carbocycles. The van der Waals surface area contributed by atoms with Gasteiger partial charge in [0, 0.05) is 11.1 Å². The molecule has 0 aromatic heterocycles. The normalized spacial score (nSPS) is 32.5. The molecular formula is C20H27ClN2O3S. The largest absolute Gasteiger partial charge is 0.351 e. The van der Waals surface area contributed by atoms with E-state index in [2.05, 4.69) is 10.0 Å². The van der Waals surface area contributed by atoms with E-state index >= 15 is 0 Å². The summed E-state index contributed by atoms with van der Waals surface area (Å²) in [5.41, 5.74) is -1.24. The van der Waals surface area contributed by atoms with Crippen LogP contribution in [0, 0.1) is 23.7 Å². The minimum atomic E-state index is -3.84. The van der Waals surface area contributed by atoms with E-state index < -0.39 is 15.6 Å². The van der Waals surface area contributed by atoms with E-state index in [-0.39, 0.29) is 16.8 Å². The Hall–Kier alpha value is -1.11. The molecule has 27 heavy (non-hydrogen) atoms. The van der Waals surface area contributed by atoms with Crippen LogP contribution in [0.4, 0.5) is 0 Å². The molecule has 0 spiro atoms. The van der Waals surface area contributed by atoms with Crippen molar-refractivity contribution in [2.24, 2.45) is 23.7 Å². The summed E-state index contributed by atoms with van der Waals surface area (Å²) in [6.45, 7) is 3.22. The summed E-state index contributed by atoms with van der Waals surface area (Å²) in [6.07, 6.45) is 6.16. The first-order valence-electron chi connectivity index (χ1n) is 9.74. The maximum absolute atomic E-state index is 13.0. The van der Waals surface area contributed by atoms with Gasteiger partial charge in [0.15, 0.2) is 0 Å². The molecule has 0 atom stereocenters. The van der Waals surface area contributed by atoms with Gasteiger partial charge in [0.2, 0.25) is 15.9 Å². The van der Waals surface area contributed by atoms with Crippen molar-refractivity contribution in [3.63, 3.8) is 0 Å². The molecular weight excluding hydrogens is 384 g/mol. The Morgan fingerprint density at radius 3 is 2.22 bits per heavy atom. The molecule has 4 aliphatic rings. The van der Waals surface area contributed by atoms with Gasteiger partial charge in [-0.3, -0.25) is 4.79 Å². The quantitative estimate of drug-likeness (QED) is 0.781. The van der Waals surface area contributed by atoms with Crippen molar-refractivity contribution in [1.82, 2.24) is 10.0 Å². The average Bonchev–Trinajstić information content (AvgIpc) is 2.56. The fourth-order valence-electron chi connectivity index (χ4n) is 5.57. The molecule has 7 heteroatoms. The summed E-state index contributed by atoms with van der Waals surface area (Å²) in [5.74, 6) is 2.49. The van der Waals surface area contributed by atoms with Gasteiger partial charge in [0.05, 0.1) is 4.90 Å². The molecule has 0 aliphatic heterocycles. The van der Waals surface area contributed by atoms with Crippen LogP contribution < -0.4 is 10.0 Å². The van der Waals surface area contributed by atoms with Crippen LogP contribution in [0.5, 0.6) is 0 Å². The van der Waals surface area contributed by atoms with Crippen molar-refractivity contribution in [2.75, 3.05) is 0 Å². The van der Waals surface area contributed by atoms with Crippen molar-refractivity contribution >= 4 is 27.5 Å². The lowest BCUT2D eigenvalue weighted by atomic mass is 9.54. The van der Waals surface area contributed by atoms with Gasteiger partial charge in [-0.2, -0.15) is 4.72 Å². The number of halogens is 1. The summed E-state index contributed by atoms with van der Waals surface area (Å²) >= 11 is 5.91. The highest BCUT2D eigenvalue weighted by Gasteiger charge is 2.49. The highest BCUT2D eigenvalue weighted by Crippen LogP contribution is 2.53. The Labute approximate surface area is 166 Å². The van der Waals surface area contributed by atoms with Gasteiger partial charge in [0.1, 0.15) is 5.54 Å². The van der Waals surface area contributed by atoms with Gasteiger partial charge in [-0.25, -0.2) is 8.42 Å². The first-order chi connectivity index (χ1) is 12.6. The van der Waals surface area contributed by atoms with Gasteiger partial charge < -0.3 is 5.32 Å².